The molecule has 0 amide bonds. The number of benzene rings is 2. The van der Waals surface area contributed by atoms with Gasteiger partial charge in [0.1, 0.15) is 0 Å². The molecule has 82 valence electrons. The van der Waals surface area contributed by atoms with E-state index in [1.54, 1.807) is 7.22 Å². The predicted octanol–water partition coefficient (Wildman–Crippen LogP) is 2.49. The summed E-state index contributed by atoms with van der Waals surface area (Å²) in [6.45, 7) is 0. The van der Waals surface area contributed by atoms with Crippen LogP contribution >= 0.6 is 31.9 Å². The Labute approximate surface area is 129 Å². The zero-order valence-electron chi connectivity index (χ0n) is 8.19. The fraction of sp³-hybridized carbons (Fsp3) is 0. The van der Waals surface area contributed by atoms with Crippen LogP contribution in [0.15, 0.2) is 57.5 Å². The minimum absolute atomic E-state index is 0.0369. The predicted molar refractivity (Wildman–Crippen MR) is 79.1 cm³/mol. The van der Waals surface area contributed by atoms with E-state index in [4.69, 9.17) is 0 Å². The molecule has 16 heavy (non-hydrogen) atoms. The van der Waals surface area contributed by atoms with Gasteiger partial charge in [0.25, 0.3) is 0 Å². The van der Waals surface area contributed by atoms with Crippen LogP contribution in [-0.2, 0) is 0 Å². The topological polar surface area (TPSA) is 0 Å². The van der Waals surface area contributed by atoms with Crippen molar-refractivity contribution in [2.75, 3.05) is 0 Å². The molecule has 0 saturated heterocycles. The second-order valence-corrected chi connectivity index (χ2v) is 14.9. The SMILES string of the molecule is Brc1ccc([Te][Te]c2ccc(Br)cc2)cc1. The first-order valence-electron chi connectivity index (χ1n) is 4.60. The molecule has 0 N–H and O–H groups in total. The second kappa shape index (κ2) is 6.79. The molecule has 2 aromatic carbocycles. The molecule has 0 unspecified atom stereocenters. The van der Waals surface area contributed by atoms with Crippen LogP contribution in [0.1, 0.15) is 0 Å². The summed E-state index contributed by atoms with van der Waals surface area (Å²) in [6.07, 6.45) is 0. The van der Waals surface area contributed by atoms with E-state index in [-0.39, 0.29) is 34.1 Å². The van der Waals surface area contributed by atoms with Crippen molar-refractivity contribution in [1.29, 1.82) is 0 Å². The van der Waals surface area contributed by atoms with Gasteiger partial charge in [0.15, 0.2) is 0 Å². The van der Waals surface area contributed by atoms with Crippen LogP contribution in [0.2, 0.25) is 0 Å². The number of rotatable bonds is 3. The molecule has 0 atom stereocenters. The summed E-state index contributed by atoms with van der Waals surface area (Å²) in [5, 5.41) is 0. The maximum absolute atomic E-state index is 3.47. The Hall–Kier alpha value is 0.979. The summed E-state index contributed by atoms with van der Waals surface area (Å²) in [6, 6.07) is 17.6. The Morgan fingerprint density at radius 3 is 1.19 bits per heavy atom. The van der Waals surface area contributed by atoms with Gasteiger partial charge in [-0.05, 0) is 0 Å². The molecule has 0 aliphatic heterocycles. The van der Waals surface area contributed by atoms with Gasteiger partial charge in [0, 0.05) is 0 Å². The van der Waals surface area contributed by atoms with E-state index in [1.165, 1.54) is 8.95 Å². The normalized spacial score (nSPS) is 10.4. The Morgan fingerprint density at radius 1 is 0.562 bits per heavy atom. The van der Waals surface area contributed by atoms with Crippen molar-refractivity contribution in [2.45, 2.75) is 0 Å². The molecule has 0 aromatic heterocycles. The summed E-state index contributed by atoms with van der Waals surface area (Å²) >= 11 is 7.01. The maximum atomic E-state index is 3.47. The van der Waals surface area contributed by atoms with E-state index in [0.717, 1.165) is 0 Å². The van der Waals surface area contributed by atoms with Crippen LogP contribution in [0.5, 0.6) is 0 Å². The monoisotopic (exact) mass is 570 g/mol. The van der Waals surface area contributed by atoms with Crippen molar-refractivity contribution in [1.82, 2.24) is 0 Å². The van der Waals surface area contributed by atoms with Crippen LogP contribution in [0.3, 0.4) is 0 Å². The zero-order chi connectivity index (χ0) is 11.4. The van der Waals surface area contributed by atoms with E-state index >= 15 is 0 Å². The summed E-state index contributed by atoms with van der Waals surface area (Å²) in [7, 11) is 0. The van der Waals surface area contributed by atoms with E-state index in [1.807, 2.05) is 0 Å². The third-order valence-electron chi connectivity index (χ3n) is 1.86. The third-order valence-corrected chi connectivity index (χ3v) is 14.8. The van der Waals surface area contributed by atoms with Gasteiger partial charge in [-0.1, -0.05) is 0 Å². The molecule has 0 nitrogen and oxygen atoms in total. The molecular formula is C12H8Br2Te2. The van der Waals surface area contributed by atoms with Crippen molar-refractivity contribution >= 4 is 73.2 Å². The first kappa shape index (κ1) is 13.4. The van der Waals surface area contributed by atoms with Gasteiger partial charge in [0.2, 0.25) is 0 Å². The average Bonchev–Trinajstić information content (AvgIpc) is 2.30. The molecule has 0 fully saturated rings. The van der Waals surface area contributed by atoms with E-state index in [9.17, 15) is 0 Å². The first-order chi connectivity index (χ1) is 7.74. The van der Waals surface area contributed by atoms with Crippen molar-refractivity contribution in [3.05, 3.63) is 57.5 Å². The van der Waals surface area contributed by atoms with Crippen LogP contribution in [0, 0.1) is 0 Å². The summed E-state index contributed by atoms with van der Waals surface area (Å²) in [5.41, 5.74) is 0. The Kier molecular flexibility index (Phi) is 5.69. The molecule has 0 aliphatic rings. The van der Waals surface area contributed by atoms with Crippen molar-refractivity contribution in [3.8, 4) is 0 Å². The van der Waals surface area contributed by atoms with Crippen LogP contribution in [0.4, 0.5) is 0 Å². The minimum atomic E-state index is 0.0369. The summed E-state index contributed by atoms with van der Waals surface area (Å²) in [4.78, 5) is 0. The van der Waals surface area contributed by atoms with Gasteiger partial charge in [-0.25, -0.2) is 0 Å². The Morgan fingerprint density at radius 2 is 0.875 bits per heavy atom. The van der Waals surface area contributed by atoms with Gasteiger partial charge < -0.3 is 0 Å². The van der Waals surface area contributed by atoms with Crippen molar-refractivity contribution in [3.63, 3.8) is 0 Å². The fourth-order valence-electron chi connectivity index (χ4n) is 1.08. The van der Waals surface area contributed by atoms with Gasteiger partial charge in [-0.15, -0.1) is 0 Å². The number of hydrogen-bond acceptors (Lipinski definition) is 0. The van der Waals surface area contributed by atoms with Crippen LogP contribution in [-0.4, -0.2) is 34.1 Å². The number of halogens is 2. The molecule has 4 heteroatoms. The van der Waals surface area contributed by atoms with Gasteiger partial charge in [-0.3, -0.25) is 0 Å². The molecule has 0 bridgehead atoms. The Balaban J connectivity index is 1.97. The molecule has 2 rings (SSSR count). The molecular weight excluding hydrogens is 559 g/mol. The molecule has 0 spiro atoms. The fourth-order valence-corrected chi connectivity index (χ4v) is 11.5. The number of hydrogen-bond donors (Lipinski definition) is 0. The summed E-state index contributed by atoms with van der Waals surface area (Å²) in [5.74, 6) is 0. The van der Waals surface area contributed by atoms with Gasteiger partial charge >= 0.3 is 131 Å². The van der Waals surface area contributed by atoms with Crippen LogP contribution < -0.4 is 7.22 Å². The van der Waals surface area contributed by atoms with Gasteiger partial charge in [-0.2, -0.15) is 0 Å². The first-order valence-corrected chi connectivity index (χ1v) is 15.8. The Bertz CT molecular complexity index is 406. The zero-order valence-corrected chi connectivity index (χ0v) is 16.0. The second-order valence-electron chi connectivity index (χ2n) is 3.07. The average molecular weight is 567 g/mol. The van der Waals surface area contributed by atoms with Crippen LogP contribution in [0.25, 0.3) is 0 Å². The van der Waals surface area contributed by atoms with E-state index < -0.39 is 0 Å². The molecule has 0 saturated carbocycles. The molecule has 0 radical (unpaired) electrons. The standard InChI is InChI=1S/C12H8Br2Te2/c13-9-1-5-11(6-2-9)15-16-12-7-3-10(14)4-8-12/h1-8H. The molecule has 0 aliphatic carbocycles. The molecule has 0 heterocycles. The summed E-state index contributed by atoms with van der Waals surface area (Å²) < 4.78 is 5.48. The third kappa shape index (κ3) is 4.34. The van der Waals surface area contributed by atoms with E-state index in [0.29, 0.717) is 0 Å². The van der Waals surface area contributed by atoms with E-state index in [2.05, 4.69) is 80.4 Å². The quantitative estimate of drug-likeness (QED) is 0.501. The van der Waals surface area contributed by atoms with Crippen molar-refractivity contribution < 1.29 is 0 Å². The molecule has 2 aromatic rings. The van der Waals surface area contributed by atoms with Gasteiger partial charge in [0.05, 0.1) is 0 Å². The van der Waals surface area contributed by atoms with Crippen molar-refractivity contribution in [2.24, 2.45) is 0 Å².